The van der Waals surface area contributed by atoms with Crippen molar-refractivity contribution in [2.24, 2.45) is 0 Å². The van der Waals surface area contributed by atoms with E-state index in [0.29, 0.717) is 0 Å². The van der Waals surface area contributed by atoms with E-state index >= 15 is 0 Å². The van der Waals surface area contributed by atoms with Crippen LogP contribution in [-0.4, -0.2) is 21.0 Å². The molecule has 6 heteroatoms. The van der Waals surface area contributed by atoms with Gasteiger partial charge < -0.3 is 4.18 Å². The highest BCUT2D eigenvalue weighted by atomic mass is 32.3. The standard InChI is InChI=1S/C5H8O5S/c1-3-5(6)10-11(7,8)9-4-2/h3H,1,4H2,2H3. The zero-order chi connectivity index (χ0) is 8.91. The van der Waals surface area contributed by atoms with E-state index in [9.17, 15) is 13.2 Å². The number of rotatable bonds is 4. The number of carbonyl (C=O) groups excluding carboxylic acids is 1. The van der Waals surface area contributed by atoms with Gasteiger partial charge in [0.25, 0.3) is 0 Å². The van der Waals surface area contributed by atoms with Crippen LogP contribution < -0.4 is 0 Å². The summed E-state index contributed by atoms with van der Waals surface area (Å²) in [6, 6.07) is 0. The first-order valence-corrected chi connectivity index (χ1v) is 4.10. The van der Waals surface area contributed by atoms with Crippen LogP contribution in [0.15, 0.2) is 12.7 Å². The second-order valence-electron chi connectivity index (χ2n) is 1.42. The minimum atomic E-state index is -4.16. The zero-order valence-electron chi connectivity index (χ0n) is 5.94. The van der Waals surface area contributed by atoms with Crippen LogP contribution in [-0.2, 0) is 23.6 Å². The summed E-state index contributed by atoms with van der Waals surface area (Å²) in [5.74, 6) is -1.06. The lowest BCUT2D eigenvalue weighted by molar-refractivity contribution is -0.129. The minimum absolute atomic E-state index is 0.0766. The highest BCUT2D eigenvalue weighted by Crippen LogP contribution is 1.95. The third-order valence-corrected chi connectivity index (χ3v) is 1.51. The predicted octanol–water partition coefficient (Wildman–Crippen LogP) is -0.00310. The molecule has 0 fully saturated rings. The second kappa shape index (κ2) is 4.09. The number of hydrogen-bond donors (Lipinski definition) is 0. The Bertz CT molecular complexity index is 240. The van der Waals surface area contributed by atoms with Gasteiger partial charge in [-0.2, -0.15) is 8.42 Å². The molecule has 0 aromatic carbocycles. The Morgan fingerprint density at radius 3 is 2.55 bits per heavy atom. The quantitative estimate of drug-likeness (QED) is 0.569. The van der Waals surface area contributed by atoms with E-state index in [0.717, 1.165) is 6.08 Å². The Balaban J connectivity index is 4.13. The van der Waals surface area contributed by atoms with Gasteiger partial charge in [-0.3, -0.25) is 0 Å². The van der Waals surface area contributed by atoms with E-state index in [-0.39, 0.29) is 6.61 Å². The molecule has 0 saturated heterocycles. The van der Waals surface area contributed by atoms with Gasteiger partial charge in [0.05, 0.1) is 6.61 Å². The van der Waals surface area contributed by atoms with E-state index in [1.807, 2.05) is 0 Å². The maximum absolute atomic E-state index is 10.5. The van der Waals surface area contributed by atoms with E-state index in [2.05, 4.69) is 14.9 Å². The van der Waals surface area contributed by atoms with Gasteiger partial charge in [0.1, 0.15) is 0 Å². The number of carbonyl (C=O) groups is 1. The maximum Gasteiger partial charge on any atom is 0.451 e. The predicted molar refractivity (Wildman–Crippen MR) is 36.8 cm³/mol. The lowest BCUT2D eigenvalue weighted by Gasteiger charge is -1.99. The van der Waals surface area contributed by atoms with Crippen LogP contribution in [0.25, 0.3) is 0 Å². The molecule has 0 bridgehead atoms. The van der Waals surface area contributed by atoms with Crippen molar-refractivity contribution in [3.05, 3.63) is 12.7 Å². The third kappa shape index (κ3) is 4.51. The molecule has 0 rings (SSSR count). The zero-order valence-corrected chi connectivity index (χ0v) is 6.76. The van der Waals surface area contributed by atoms with Gasteiger partial charge in [-0.1, -0.05) is 6.58 Å². The highest BCUT2D eigenvalue weighted by Gasteiger charge is 2.14. The molecule has 0 saturated carbocycles. The Kier molecular flexibility index (Phi) is 3.77. The monoisotopic (exact) mass is 180 g/mol. The molecule has 0 atom stereocenters. The van der Waals surface area contributed by atoms with E-state index in [1.165, 1.54) is 6.92 Å². The second-order valence-corrected chi connectivity index (χ2v) is 2.64. The average molecular weight is 180 g/mol. The SMILES string of the molecule is C=CC(=O)OS(=O)(=O)OCC. The Labute approximate surface area is 64.9 Å². The topological polar surface area (TPSA) is 69.7 Å². The van der Waals surface area contributed by atoms with Gasteiger partial charge in [-0.15, -0.1) is 0 Å². The van der Waals surface area contributed by atoms with Crippen molar-refractivity contribution in [3.8, 4) is 0 Å². The van der Waals surface area contributed by atoms with Gasteiger partial charge in [-0.25, -0.2) is 8.98 Å². The first-order chi connectivity index (χ1) is 5.02. The normalized spacial score (nSPS) is 10.6. The van der Waals surface area contributed by atoms with Crippen molar-refractivity contribution >= 4 is 16.4 Å². The largest absolute Gasteiger partial charge is 0.451 e. The van der Waals surface area contributed by atoms with Crippen molar-refractivity contribution in [1.82, 2.24) is 0 Å². The fourth-order valence-corrected chi connectivity index (χ4v) is 0.909. The molecule has 0 N–H and O–H groups in total. The number of hydrogen-bond acceptors (Lipinski definition) is 5. The van der Waals surface area contributed by atoms with Crippen LogP contribution in [0.1, 0.15) is 6.92 Å². The van der Waals surface area contributed by atoms with Crippen molar-refractivity contribution in [2.45, 2.75) is 6.92 Å². The van der Waals surface area contributed by atoms with E-state index in [1.54, 1.807) is 0 Å². The van der Waals surface area contributed by atoms with Crippen LogP contribution in [0.4, 0.5) is 0 Å². The van der Waals surface area contributed by atoms with Gasteiger partial charge >= 0.3 is 16.4 Å². The van der Waals surface area contributed by atoms with Crippen LogP contribution in [0.2, 0.25) is 0 Å². The molecule has 0 aromatic rings. The summed E-state index contributed by atoms with van der Waals surface area (Å²) in [6.07, 6.45) is 0.733. The van der Waals surface area contributed by atoms with Gasteiger partial charge in [0.15, 0.2) is 0 Å². The molecule has 0 unspecified atom stereocenters. The fourth-order valence-electron chi connectivity index (χ4n) is 0.303. The van der Waals surface area contributed by atoms with Crippen LogP contribution in [0.3, 0.4) is 0 Å². The van der Waals surface area contributed by atoms with Crippen LogP contribution in [0.5, 0.6) is 0 Å². The summed E-state index contributed by atoms with van der Waals surface area (Å²) in [4.78, 5) is 10.3. The maximum atomic E-state index is 10.5. The molecule has 0 aromatic heterocycles. The Hall–Kier alpha value is -0.880. The molecular formula is C5H8O5S. The molecule has 0 aliphatic rings. The minimum Gasteiger partial charge on any atom is -0.321 e. The lowest BCUT2D eigenvalue weighted by Crippen LogP contribution is -2.13. The third-order valence-electron chi connectivity index (χ3n) is 0.613. The summed E-state index contributed by atoms with van der Waals surface area (Å²) >= 11 is 0. The highest BCUT2D eigenvalue weighted by molar-refractivity contribution is 7.82. The summed E-state index contributed by atoms with van der Waals surface area (Å²) < 4.78 is 28.9. The summed E-state index contributed by atoms with van der Waals surface area (Å²) in [5.41, 5.74) is 0. The van der Waals surface area contributed by atoms with Crippen LogP contribution >= 0.6 is 0 Å². The fraction of sp³-hybridized carbons (Fsp3) is 0.400. The molecule has 0 heterocycles. The van der Waals surface area contributed by atoms with Crippen molar-refractivity contribution in [3.63, 3.8) is 0 Å². The Morgan fingerprint density at radius 2 is 2.18 bits per heavy atom. The lowest BCUT2D eigenvalue weighted by atomic mass is 10.7. The van der Waals surface area contributed by atoms with Crippen molar-refractivity contribution < 1.29 is 21.6 Å². The van der Waals surface area contributed by atoms with Crippen molar-refractivity contribution in [1.29, 1.82) is 0 Å². The molecule has 11 heavy (non-hydrogen) atoms. The summed E-state index contributed by atoms with van der Waals surface area (Å²) in [6.45, 7) is 4.39. The molecule has 64 valence electrons. The summed E-state index contributed by atoms with van der Waals surface area (Å²) in [7, 11) is -4.16. The van der Waals surface area contributed by atoms with E-state index in [4.69, 9.17) is 0 Å². The molecule has 0 aliphatic heterocycles. The molecule has 0 aliphatic carbocycles. The molecule has 0 spiro atoms. The van der Waals surface area contributed by atoms with Crippen molar-refractivity contribution in [2.75, 3.05) is 6.61 Å². The molecule has 0 radical (unpaired) electrons. The van der Waals surface area contributed by atoms with Crippen LogP contribution in [0, 0.1) is 0 Å². The van der Waals surface area contributed by atoms with E-state index < -0.39 is 16.4 Å². The smallest absolute Gasteiger partial charge is 0.321 e. The van der Waals surface area contributed by atoms with Gasteiger partial charge in [0, 0.05) is 6.08 Å². The first kappa shape index (κ1) is 10.1. The van der Waals surface area contributed by atoms with Gasteiger partial charge in [0.2, 0.25) is 0 Å². The first-order valence-electron chi connectivity index (χ1n) is 2.77. The van der Waals surface area contributed by atoms with Gasteiger partial charge in [-0.05, 0) is 6.92 Å². The average Bonchev–Trinajstić information content (AvgIpc) is 1.86. The summed E-state index contributed by atoms with van der Waals surface area (Å²) in [5, 5.41) is 0. The molecule has 0 amide bonds. The molecule has 5 nitrogen and oxygen atoms in total. The Morgan fingerprint density at radius 1 is 1.64 bits per heavy atom. The molecular weight excluding hydrogens is 172 g/mol.